The number of nitrogens with one attached hydrogen (secondary N) is 1. The van der Waals surface area contributed by atoms with E-state index in [1.54, 1.807) is 0 Å². The number of aliphatic carboxylic acids is 1. The molecule has 2 N–H and O–H groups in total. The van der Waals surface area contributed by atoms with Gasteiger partial charge in [0.25, 0.3) is 0 Å². The number of rotatable bonds is 6. The summed E-state index contributed by atoms with van der Waals surface area (Å²) in [5, 5.41) is 8.64. The van der Waals surface area contributed by atoms with Gasteiger partial charge < -0.3 is 5.11 Å². The Morgan fingerprint density at radius 1 is 1.29 bits per heavy atom. The molecule has 0 aromatic heterocycles. The summed E-state index contributed by atoms with van der Waals surface area (Å²) in [6.07, 6.45) is 0. The highest BCUT2D eigenvalue weighted by Crippen LogP contribution is 2.21. The van der Waals surface area contributed by atoms with Gasteiger partial charge in [0.15, 0.2) is 0 Å². The fourth-order valence-electron chi connectivity index (χ4n) is 1.65. The molecule has 0 atom stereocenters. The number of carbonyl (C=O) groups is 1. The maximum Gasteiger partial charge on any atom is 0.318 e. The third-order valence-electron chi connectivity index (χ3n) is 2.77. The van der Waals surface area contributed by atoms with E-state index in [1.165, 1.54) is 26.1 Å². The Kier molecular flexibility index (Phi) is 5.10. The molecule has 0 heterocycles. The largest absolute Gasteiger partial charge is 0.480 e. The Labute approximate surface area is 123 Å². The van der Waals surface area contributed by atoms with Gasteiger partial charge in [0.1, 0.15) is 6.54 Å². The van der Waals surface area contributed by atoms with Crippen LogP contribution in [0.1, 0.15) is 5.56 Å². The van der Waals surface area contributed by atoms with Crippen molar-refractivity contribution in [2.75, 3.05) is 20.6 Å². The predicted octanol–water partition coefficient (Wildman–Crippen LogP) is -0.392. The number of nitrogens with zero attached hydrogens (tertiary/aromatic N) is 1. The van der Waals surface area contributed by atoms with Gasteiger partial charge in [0.05, 0.1) is 9.79 Å². The first-order valence-electron chi connectivity index (χ1n) is 5.74. The highest BCUT2D eigenvalue weighted by molar-refractivity contribution is 7.89. The third-order valence-corrected chi connectivity index (χ3v) is 6.14. The number of sulfonamides is 2. The van der Waals surface area contributed by atoms with E-state index in [0.717, 1.165) is 13.1 Å². The lowest BCUT2D eigenvalue weighted by molar-refractivity contribution is -0.137. The van der Waals surface area contributed by atoms with Crippen molar-refractivity contribution in [2.45, 2.75) is 16.7 Å². The van der Waals surface area contributed by atoms with Gasteiger partial charge in [-0.2, -0.15) is 4.31 Å². The second kappa shape index (κ2) is 6.10. The van der Waals surface area contributed by atoms with Crippen molar-refractivity contribution < 1.29 is 26.7 Å². The lowest BCUT2D eigenvalue weighted by Crippen LogP contribution is -2.32. The van der Waals surface area contributed by atoms with Crippen LogP contribution in [0.25, 0.3) is 0 Å². The summed E-state index contributed by atoms with van der Waals surface area (Å²) in [6, 6.07) is 3.49. The molecule has 1 rings (SSSR count). The van der Waals surface area contributed by atoms with Crippen molar-refractivity contribution in [3.05, 3.63) is 23.8 Å². The van der Waals surface area contributed by atoms with Crippen LogP contribution in [-0.4, -0.2) is 52.9 Å². The molecule has 1 aromatic carbocycles. The summed E-state index contributed by atoms with van der Waals surface area (Å²) in [6.45, 7) is 0.776. The molecule has 0 aliphatic heterocycles. The zero-order chi connectivity index (χ0) is 16.4. The summed E-state index contributed by atoms with van der Waals surface area (Å²) in [7, 11) is -5.29. The Hall–Kier alpha value is -1.49. The molecule has 1 aromatic rings. The Balaban J connectivity index is 3.29. The molecule has 0 amide bonds. The van der Waals surface area contributed by atoms with Crippen molar-refractivity contribution in [2.24, 2.45) is 0 Å². The normalized spacial score (nSPS) is 12.6. The van der Waals surface area contributed by atoms with Crippen LogP contribution in [0.4, 0.5) is 0 Å². The molecular formula is C11H16N2O6S2. The van der Waals surface area contributed by atoms with Crippen molar-refractivity contribution in [1.29, 1.82) is 0 Å². The van der Waals surface area contributed by atoms with E-state index >= 15 is 0 Å². The first kappa shape index (κ1) is 17.6. The molecule has 0 spiro atoms. The van der Waals surface area contributed by atoms with Crippen molar-refractivity contribution >= 4 is 26.0 Å². The molecule has 0 aliphatic carbocycles. The SMILES string of the molecule is CNS(=O)(=O)c1ccc(S(=O)(=O)N(C)CC(=O)O)cc1C. The van der Waals surface area contributed by atoms with Crippen molar-refractivity contribution in [3.63, 3.8) is 0 Å². The van der Waals surface area contributed by atoms with Crippen LogP contribution in [0, 0.1) is 6.92 Å². The van der Waals surface area contributed by atoms with Crippen molar-refractivity contribution in [3.8, 4) is 0 Å². The minimum Gasteiger partial charge on any atom is -0.480 e. The minimum atomic E-state index is -3.99. The number of carboxylic acids is 1. The average molecular weight is 336 g/mol. The van der Waals surface area contributed by atoms with E-state index < -0.39 is 32.6 Å². The summed E-state index contributed by atoms with van der Waals surface area (Å²) in [5.41, 5.74) is 0.245. The van der Waals surface area contributed by atoms with Gasteiger partial charge in [-0.3, -0.25) is 4.79 Å². The fourth-order valence-corrected chi connectivity index (χ4v) is 3.81. The van der Waals surface area contributed by atoms with Gasteiger partial charge in [0.2, 0.25) is 20.0 Å². The number of benzene rings is 1. The van der Waals surface area contributed by atoms with Crippen LogP contribution in [0.5, 0.6) is 0 Å². The third kappa shape index (κ3) is 3.79. The summed E-state index contributed by atoms with van der Waals surface area (Å²) < 4.78 is 50.5. The molecule has 10 heteroatoms. The van der Waals surface area contributed by atoms with E-state index in [0.29, 0.717) is 4.31 Å². The lowest BCUT2D eigenvalue weighted by Gasteiger charge is -2.16. The van der Waals surface area contributed by atoms with Crippen LogP contribution in [0.2, 0.25) is 0 Å². The second-order valence-corrected chi connectivity index (χ2v) is 8.19. The fraction of sp³-hybridized carbons (Fsp3) is 0.364. The van der Waals surface area contributed by atoms with Crippen LogP contribution in [0.3, 0.4) is 0 Å². The zero-order valence-electron chi connectivity index (χ0n) is 11.7. The highest BCUT2D eigenvalue weighted by Gasteiger charge is 2.24. The molecule has 0 bridgehead atoms. The van der Waals surface area contributed by atoms with Crippen LogP contribution < -0.4 is 4.72 Å². The van der Waals surface area contributed by atoms with Gasteiger partial charge >= 0.3 is 5.97 Å². The van der Waals surface area contributed by atoms with Gasteiger partial charge in [-0.25, -0.2) is 21.6 Å². The Morgan fingerprint density at radius 2 is 1.86 bits per heavy atom. The maximum atomic E-state index is 12.1. The Bertz CT molecular complexity index is 755. The van der Waals surface area contributed by atoms with E-state index in [-0.39, 0.29) is 15.4 Å². The molecule has 0 unspecified atom stereocenters. The van der Waals surface area contributed by atoms with Gasteiger partial charge in [-0.05, 0) is 37.7 Å². The summed E-state index contributed by atoms with van der Waals surface area (Å²) in [4.78, 5) is 10.4. The van der Waals surface area contributed by atoms with Gasteiger partial charge in [0, 0.05) is 7.05 Å². The van der Waals surface area contributed by atoms with Gasteiger partial charge in [-0.15, -0.1) is 0 Å². The molecule has 8 nitrogen and oxygen atoms in total. The van der Waals surface area contributed by atoms with E-state index in [9.17, 15) is 21.6 Å². The topological polar surface area (TPSA) is 121 Å². The van der Waals surface area contributed by atoms with E-state index in [4.69, 9.17) is 5.11 Å². The smallest absolute Gasteiger partial charge is 0.318 e. The molecule has 0 radical (unpaired) electrons. The zero-order valence-corrected chi connectivity index (χ0v) is 13.3. The average Bonchev–Trinajstić information content (AvgIpc) is 2.37. The number of carboxylic acid groups (broad SMARTS) is 1. The molecule has 0 saturated carbocycles. The van der Waals surface area contributed by atoms with E-state index in [2.05, 4.69) is 4.72 Å². The molecular weight excluding hydrogens is 320 g/mol. The van der Waals surface area contributed by atoms with E-state index in [1.807, 2.05) is 0 Å². The molecule has 21 heavy (non-hydrogen) atoms. The summed E-state index contributed by atoms with van der Waals surface area (Å²) >= 11 is 0. The molecule has 0 saturated heterocycles. The summed E-state index contributed by atoms with van der Waals surface area (Å²) in [5.74, 6) is -1.29. The van der Waals surface area contributed by atoms with Gasteiger partial charge in [-0.1, -0.05) is 0 Å². The first-order chi connectivity index (χ1) is 9.52. The Morgan fingerprint density at radius 3 is 2.29 bits per heavy atom. The second-order valence-electron chi connectivity index (χ2n) is 4.29. The lowest BCUT2D eigenvalue weighted by atomic mass is 10.2. The van der Waals surface area contributed by atoms with Crippen molar-refractivity contribution in [1.82, 2.24) is 9.03 Å². The highest BCUT2D eigenvalue weighted by atomic mass is 32.2. The molecule has 0 fully saturated rings. The monoisotopic (exact) mass is 336 g/mol. The first-order valence-corrected chi connectivity index (χ1v) is 8.67. The number of hydrogen-bond acceptors (Lipinski definition) is 5. The van der Waals surface area contributed by atoms with Crippen LogP contribution in [-0.2, 0) is 24.8 Å². The number of aryl methyl sites for hydroxylation is 1. The minimum absolute atomic E-state index is 0.0372. The predicted molar refractivity (Wildman–Crippen MR) is 74.9 cm³/mol. The maximum absolute atomic E-state index is 12.1. The number of likely N-dealkylation sites (N-methyl/N-ethyl adjacent to an activating group) is 1. The van der Waals surface area contributed by atoms with Crippen LogP contribution >= 0.6 is 0 Å². The molecule has 0 aliphatic rings. The quantitative estimate of drug-likeness (QED) is 0.730. The molecule has 118 valence electrons. The number of hydrogen-bond donors (Lipinski definition) is 2. The van der Waals surface area contributed by atoms with Crippen LogP contribution in [0.15, 0.2) is 28.0 Å². The standard InChI is InChI=1S/C11H16N2O6S2/c1-8-6-9(4-5-10(8)20(16,17)12-2)21(18,19)13(3)7-11(14)15/h4-6,12H,7H2,1-3H3,(H,14,15).